The van der Waals surface area contributed by atoms with Gasteiger partial charge < -0.3 is 11.1 Å². The third kappa shape index (κ3) is 5.27. The van der Waals surface area contributed by atoms with Crippen molar-refractivity contribution in [2.75, 3.05) is 6.54 Å². The summed E-state index contributed by atoms with van der Waals surface area (Å²) in [5.74, 6) is 0. The van der Waals surface area contributed by atoms with Gasteiger partial charge in [-0.3, -0.25) is 0 Å². The lowest BCUT2D eigenvalue weighted by Gasteiger charge is -2.28. The molecule has 2 heteroatoms. The molecule has 0 amide bonds. The SMILES string of the molecule is CCCC(C)NCC(N)(CC)CC. The van der Waals surface area contributed by atoms with Crippen molar-refractivity contribution in [2.24, 2.45) is 5.73 Å². The summed E-state index contributed by atoms with van der Waals surface area (Å²) >= 11 is 0. The smallest absolute Gasteiger partial charge is 0.0275 e. The van der Waals surface area contributed by atoms with Crippen molar-refractivity contribution in [2.45, 2.75) is 65.0 Å². The average molecular weight is 186 g/mol. The Kier molecular flexibility index (Phi) is 6.35. The quantitative estimate of drug-likeness (QED) is 0.640. The molecule has 13 heavy (non-hydrogen) atoms. The summed E-state index contributed by atoms with van der Waals surface area (Å²) in [5, 5.41) is 3.50. The van der Waals surface area contributed by atoms with Crippen LogP contribution in [0.4, 0.5) is 0 Å². The minimum absolute atomic E-state index is 0.00199. The summed E-state index contributed by atoms with van der Waals surface area (Å²) in [6.45, 7) is 9.72. The van der Waals surface area contributed by atoms with E-state index in [0.717, 1.165) is 19.4 Å². The molecule has 0 fully saturated rings. The van der Waals surface area contributed by atoms with E-state index < -0.39 is 0 Å². The standard InChI is InChI=1S/C11H26N2/c1-5-8-10(4)13-9-11(12,6-2)7-3/h10,13H,5-9,12H2,1-4H3. The van der Waals surface area contributed by atoms with Gasteiger partial charge in [0.15, 0.2) is 0 Å². The molecule has 0 spiro atoms. The van der Waals surface area contributed by atoms with Crippen LogP contribution in [0.2, 0.25) is 0 Å². The fraction of sp³-hybridized carbons (Fsp3) is 1.00. The van der Waals surface area contributed by atoms with Crippen molar-refractivity contribution in [3.05, 3.63) is 0 Å². The fourth-order valence-corrected chi connectivity index (χ4v) is 1.41. The highest BCUT2D eigenvalue weighted by molar-refractivity contribution is 4.84. The highest BCUT2D eigenvalue weighted by Crippen LogP contribution is 2.10. The Morgan fingerprint density at radius 2 is 1.77 bits per heavy atom. The predicted octanol–water partition coefficient (Wildman–Crippen LogP) is 2.28. The van der Waals surface area contributed by atoms with Gasteiger partial charge in [-0.1, -0.05) is 27.2 Å². The molecule has 1 unspecified atom stereocenters. The number of rotatable bonds is 7. The van der Waals surface area contributed by atoms with E-state index in [1.54, 1.807) is 0 Å². The van der Waals surface area contributed by atoms with Crippen LogP contribution in [0.5, 0.6) is 0 Å². The maximum atomic E-state index is 6.18. The first-order valence-electron chi connectivity index (χ1n) is 5.60. The van der Waals surface area contributed by atoms with E-state index >= 15 is 0 Å². The Morgan fingerprint density at radius 3 is 2.15 bits per heavy atom. The van der Waals surface area contributed by atoms with Gasteiger partial charge in [0, 0.05) is 18.1 Å². The van der Waals surface area contributed by atoms with Gasteiger partial charge in [-0.2, -0.15) is 0 Å². The monoisotopic (exact) mass is 186 g/mol. The molecule has 0 aliphatic heterocycles. The molecule has 2 nitrogen and oxygen atoms in total. The minimum atomic E-state index is 0.00199. The third-order valence-corrected chi connectivity index (χ3v) is 2.93. The Hall–Kier alpha value is -0.0800. The normalized spacial score (nSPS) is 14.5. The van der Waals surface area contributed by atoms with Gasteiger partial charge in [-0.05, 0) is 26.2 Å². The lowest BCUT2D eigenvalue weighted by atomic mass is 9.94. The van der Waals surface area contributed by atoms with Gasteiger partial charge >= 0.3 is 0 Å². The second-order valence-corrected chi connectivity index (χ2v) is 4.14. The van der Waals surface area contributed by atoms with Crippen LogP contribution in [-0.2, 0) is 0 Å². The van der Waals surface area contributed by atoms with Crippen LogP contribution in [0, 0.1) is 0 Å². The van der Waals surface area contributed by atoms with E-state index in [9.17, 15) is 0 Å². The number of nitrogens with two attached hydrogens (primary N) is 1. The first-order chi connectivity index (χ1) is 6.08. The lowest BCUT2D eigenvalue weighted by molar-refractivity contribution is 0.345. The number of nitrogens with one attached hydrogen (secondary N) is 1. The van der Waals surface area contributed by atoms with Crippen molar-refractivity contribution < 1.29 is 0 Å². The second kappa shape index (κ2) is 6.39. The zero-order chi connectivity index (χ0) is 10.3. The Bertz CT molecular complexity index is 119. The molecule has 3 N–H and O–H groups in total. The van der Waals surface area contributed by atoms with Crippen LogP contribution in [0.1, 0.15) is 53.4 Å². The Labute approximate surface area is 83.3 Å². The molecule has 0 aromatic heterocycles. The topological polar surface area (TPSA) is 38.0 Å². The largest absolute Gasteiger partial charge is 0.324 e. The van der Waals surface area contributed by atoms with Gasteiger partial charge in [0.05, 0.1) is 0 Å². The van der Waals surface area contributed by atoms with Gasteiger partial charge in [0.2, 0.25) is 0 Å². The molecule has 0 aliphatic carbocycles. The first kappa shape index (κ1) is 12.9. The maximum absolute atomic E-state index is 6.18. The van der Waals surface area contributed by atoms with Crippen molar-refractivity contribution in [1.82, 2.24) is 5.32 Å². The van der Waals surface area contributed by atoms with Crippen molar-refractivity contribution in [3.63, 3.8) is 0 Å². The molecule has 0 aromatic rings. The van der Waals surface area contributed by atoms with Crippen LogP contribution in [0.25, 0.3) is 0 Å². The van der Waals surface area contributed by atoms with Gasteiger partial charge in [0.25, 0.3) is 0 Å². The molecular weight excluding hydrogens is 160 g/mol. The van der Waals surface area contributed by atoms with Crippen LogP contribution in [-0.4, -0.2) is 18.1 Å². The molecule has 0 radical (unpaired) electrons. The lowest BCUT2D eigenvalue weighted by Crippen LogP contribution is -2.49. The first-order valence-corrected chi connectivity index (χ1v) is 5.60. The van der Waals surface area contributed by atoms with E-state index in [1.807, 2.05) is 0 Å². The van der Waals surface area contributed by atoms with Crippen LogP contribution >= 0.6 is 0 Å². The highest BCUT2D eigenvalue weighted by Gasteiger charge is 2.19. The average Bonchev–Trinajstić information content (AvgIpc) is 2.15. The zero-order valence-electron chi connectivity index (χ0n) is 9.69. The van der Waals surface area contributed by atoms with E-state index in [1.165, 1.54) is 12.8 Å². The number of hydrogen-bond donors (Lipinski definition) is 2. The molecule has 0 saturated heterocycles. The molecule has 0 heterocycles. The van der Waals surface area contributed by atoms with Crippen molar-refractivity contribution >= 4 is 0 Å². The summed E-state index contributed by atoms with van der Waals surface area (Å²) in [7, 11) is 0. The van der Waals surface area contributed by atoms with E-state index in [4.69, 9.17) is 5.73 Å². The molecule has 0 aliphatic rings. The van der Waals surface area contributed by atoms with Gasteiger partial charge in [-0.25, -0.2) is 0 Å². The van der Waals surface area contributed by atoms with Gasteiger partial charge in [-0.15, -0.1) is 0 Å². The summed E-state index contributed by atoms with van der Waals surface area (Å²) in [6, 6.07) is 0.603. The minimum Gasteiger partial charge on any atom is -0.324 e. The van der Waals surface area contributed by atoms with Crippen molar-refractivity contribution in [1.29, 1.82) is 0 Å². The van der Waals surface area contributed by atoms with E-state index in [0.29, 0.717) is 6.04 Å². The summed E-state index contributed by atoms with van der Waals surface area (Å²) < 4.78 is 0. The van der Waals surface area contributed by atoms with Crippen LogP contribution < -0.4 is 11.1 Å². The molecule has 0 rings (SSSR count). The molecule has 0 bridgehead atoms. The molecule has 0 aromatic carbocycles. The molecule has 1 atom stereocenters. The molecule has 80 valence electrons. The molecular formula is C11H26N2. The summed E-state index contributed by atoms with van der Waals surface area (Å²) in [4.78, 5) is 0. The second-order valence-electron chi connectivity index (χ2n) is 4.14. The molecule has 0 saturated carbocycles. The Morgan fingerprint density at radius 1 is 1.23 bits per heavy atom. The van der Waals surface area contributed by atoms with Crippen molar-refractivity contribution in [3.8, 4) is 0 Å². The van der Waals surface area contributed by atoms with Gasteiger partial charge in [0.1, 0.15) is 0 Å². The zero-order valence-corrected chi connectivity index (χ0v) is 9.69. The highest BCUT2D eigenvalue weighted by atomic mass is 15.0. The summed E-state index contributed by atoms with van der Waals surface area (Å²) in [5.41, 5.74) is 6.18. The van der Waals surface area contributed by atoms with Crippen LogP contribution in [0.15, 0.2) is 0 Å². The maximum Gasteiger partial charge on any atom is 0.0275 e. The Balaban J connectivity index is 3.71. The van der Waals surface area contributed by atoms with Crippen LogP contribution in [0.3, 0.4) is 0 Å². The van der Waals surface area contributed by atoms with E-state index in [-0.39, 0.29) is 5.54 Å². The summed E-state index contributed by atoms with van der Waals surface area (Å²) in [6.07, 6.45) is 4.58. The van der Waals surface area contributed by atoms with E-state index in [2.05, 4.69) is 33.0 Å². The third-order valence-electron chi connectivity index (χ3n) is 2.93. The predicted molar refractivity (Wildman–Crippen MR) is 59.9 cm³/mol. The fourth-order valence-electron chi connectivity index (χ4n) is 1.41. The number of hydrogen-bond acceptors (Lipinski definition) is 2.